The molecule has 0 spiro atoms. The SMILES string of the molecule is COc1ccc(CN(CCC2CN(C(C)(C)C)CCO2)c2ccc(C#N)cc2)cc1F.O=CO. The number of rotatable bonds is 7. The zero-order valence-electron chi connectivity index (χ0n) is 20.3. The van der Waals surface area contributed by atoms with Crippen molar-refractivity contribution in [2.75, 3.05) is 38.3 Å². The van der Waals surface area contributed by atoms with E-state index in [1.807, 2.05) is 30.3 Å². The Morgan fingerprint density at radius 2 is 1.97 bits per heavy atom. The summed E-state index contributed by atoms with van der Waals surface area (Å²) in [5.41, 5.74) is 2.60. The lowest BCUT2D eigenvalue weighted by molar-refractivity contribution is -0.122. The Labute approximate surface area is 201 Å². The second-order valence-electron chi connectivity index (χ2n) is 9.05. The fraction of sp³-hybridized carbons (Fsp3) is 0.462. The molecular formula is C26H34FN3O4. The number of nitrogens with zero attached hydrogens (tertiary/aromatic N) is 3. The second kappa shape index (κ2) is 12.9. The summed E-state index contributed by atoms with van der Waals surface area (Å²) in [7, 11) is 1.46. The molecule has 0 saturated carbocycles. The quantitative estimate of drug-likeness (QED) is 0.603. The largest absolute Gasteiger partial charge is 0.494 e. The number of benzene rings is 2. The van der Waals surface area contributed by atoms with E-state index in [2.05, 4.69) is 36.6 Å². The first-order valence-electron chi connectivity index (χ1n) is 11.2. The van der Waals surface area contributed by atoms with Crippen molar-refractivity contribution in [3.05, 3.63) is 59.4 Å². The number of hydrogen-bond donors (Lipinski definition) is 1. The molecular weight excluding hydrogens is 437 g/mol. The van der Waals surface area contributed by atoms with Gasteiger partial charge in [0.2, 0.25) is 0 Å². The molecule has 0 radical (unpaired) electrons. The van der Waals surface area contributed by atoms with E-state index in [0.717, 1.165) is 43.9 Å². The Kier molecular flexibility index (Phi) is 10.3. The van der Waals surface area contributed by atoms with Gasteiger partial charge < -0.3 is 19.5 Å². The van der Waals surface area contributed by atoms with Crippen molar-refractivity contribution in [3.8, 4) is 11.8 Å². The van der Waals surface area contributed by atoms with Gasteiger partial charge in [0.15, 0.2) is 11.6 Å². The van der Waals surface area contributed by atoms with Gasteiger partial charge in [-0.05, 0) is 69.2 Å². The molecule has 0 aliphatic carbocycles. The minimum absolute atomic E-state index is 0.121. The number of morpholine rings is 1. The Hall–Kier alpha value is -3.15. The van der Waals surface area contributed by atoms with Gasteiger partial charge in [0.25, 0.3) is 6.47 Å². The van der Waals surface area contributed by atoms with Gasteiger partial charge in [-0.1, -0.05) is 6.07 Å². The van der Waals surface area contributed by atoms with E-state index in [1.165, 1.54) is 13.2 Å². The van der Waals surface area contributed by atoms with Crippen molar-refractivity contribution in [2.45, 2.75) is 45.4 Å². The van der Waals surface area contributed by atoms with Crippen LogP contribution in [0.1, 0.15) is 38.3 Å². The van der Waals surface area contributed by atoms with E-state index in [-0.39, 0.29) is 29.7 Å². The predicted molar refractivity (Wildman–Crippen MR) is 130 cm³/mol. The minimum Gasteiger partial charge on any atom is -0.494 e. The van der Waals surface area contributed by atoms with Crippen molar-refractivity contribution in [3.63, 3.8) is 0 Å². The summed E-state index contributed by atoms with van der Waals surface area (Å²) >= 11 is 0. The lowest BCUT2D eigenvalue weighted by Gasteiger charge is -2.42. The van der Waals surface area contributed by atoms with Crippen LogP contribution in [0.25, 0.3) is 0 Å². The lowest BCUT2D eigenvalue weighted by Crippen LogP contribution is -2.51. The summed E-state index contributed by atoms with van der Waals surface area (Å²) < 4.78 is 25.3. The zero-order chi connectivity index (χ0) is 25.1. The average Bonchev–Trinajstić information content (AvgIpc) is 2.82. The van der Waals surface area contributed by atoms with Gasteiger partial charge in [0.05, 0.1) is 31.5 Å². The number of anilines is 1. The molecule has 2 aromatic carbocycles. The summed E-state index contributed by atoms with van der Waals surface area (Å²) in [5.74, 6) is -0.122. The molecule has 8 heteroatoms. The average molecular weight is 472 g/mol. The normalized spacial score (nSPS) is 16.1. The highest BCUT2D eigenvalue weighted by Crippen LogP contribution is 2.24. The number of carbonyl (C=O) groups is 1. The van der Waals surface area contributed by atoms with Gasteiger partial charge >= 0.3 is 0 Å². The maximum absolute atomic E-state index is 14.2. The van der Waals surface area contributed by atoms with Crippen LogP contribution in [0.5, 0.6) is 5.75 Å². The molecule has 184 valence electrons. The molecule has 0 bridgehead atoms. The highest BCUT2D eigenvalue weighted by Gasteiger charge is 2.28. The van der Waals surface area contributed by atoms with Crippen molar-refractivity contribution in [1.82, 2.24) is 4.90 Å². The molecule has 2 aromatic rings. The van der Waals surface area contributed by atoms with E-state index in [4.69, 9.17) is 24.6 Å². The maximum atomic E-state index is 14.2. The monoisotopic (exact) mass is 471 g/mol. The van der Waals surface area contributed by atoms with Crippen molar-refractivity contribution >= 4 is 12.2 Å². The summed E-state index contributed by atoms with van der Waals surface area (Å²) in [6.45, 7) is 10.4. The van der Waals surface area contributed by atoms with Crippen LogP contribution in [-0.4, -0.2) is 61.5 Å². The van der Waals surface area contributed by atoms with Gasteiger partial charge in [-0.3, -0.25) is 9.69 Å². The van der Waals surface area contributed by atoms with E-state index in [0.29, 0.717) is 12.1 Å². The summed E-state index contributed by atoms with van der Waals surface area (Å²) in [4.78, 5) is 13.0. The van der Waals surface area contributed by atoms with Crippen LogP contribution in [0.15, 0.2) is 42.5 Å². The molecule has 1 aliphatic rings. The standard InChI is InChI=1S/C25H32FN3O2.CH2O2/c1-25(2,3)29-13-14-31-22(18-29)11-12-28(21-8-5-19(16-27)6-9-21)17-20-7-10-24(30-4)23(26)15-20;2-1-3/h5-10,15,22H,11-14,17-18H2,1-4H3;1H,(H,2,3). The summed E-state index contributed by atoms with van der Waals surface area (Å²) in [6.07, 6.45) is 1.02. The third-order valence-corrected chi connectivity index (χ3v) is 5.76. The molecule has 1 saturated heterocycles. The van der Waals surface area contributed by atoms with Crippen LogP contribution in [0, 0.1) is 17.1 Å². The number of carboxylic acid groups (broad SMARTS) is 1. The summed E-state index contributed by atoms with van der Waals surface area (Å²) in [5, 5.41) is 16.0. The van der Waals surface area contributed by atoms with E-state index >= 15 is 0 Å². The Morgan fingerprint density at radius 3 is 2.53 bits per heavy atom. The fourth-order valence-corrected chi connectivity index (χ4v) is 3.88. The van der Waals surface area contributed by atoms with Crippen LogP contribution < -0.4 is 9.64 Å². The first kappa shape index (κ1) is 27.1. The topological polar surface area (TPSA) is 86.0 Å². The van der Waals surface area contributed by atoms with Gasteiger partial charge in [0, 0.05) is 37.4 Å². The molecule has 1 fully saturated rings. The van der Waals surface area contributed by atoms with Gasteiger partial charge in [0.1, 0.15) is 0 Å². The van der Waals surface area contributed by atoms with Crippen molar-refractivity contribution < 1.29 is 23.8 Å². The van der Waals surface area contributed by atoms with Crippen LogP contribution >= 0.6 is 0 Å². The van der Waals surface area contributed by atoms with Crippen LogP contribution in [0.2, 0.25) is 0 Å². The highest BCUT2D eigenvalue weighted by atomic mass is 19.1. The molecule has 0 amide bonds. The molecule has 34 heavy (non-hydrogen) atoms. The molecule has 1 aliphatic heterocycles. The molecule has 0 aromatic heterocycles. The van der Waals surface area contributed by atoms with Crippen LogP contribution in [-0.2, 0) is 16.1 Å². The number of ether oxygens (including phenoxy) is 2. The van der Waals surface area contributed by atoms with E-state index in [9.17, 15) is 4.39 Å². The molecule has 1 heterocycles. The number of methoxy groups -OCH3 is 1. The molecule has 7 nitrogen and oxygen atoms in total. The Balaban J connectivity index is 0.00000129. The fourth-order valence-electron chi connectivity index (χ4n) is 3.88. The van der Waals surface area contributed by atoms with Crippen molar-refractivity contribution in [1.29, 1.82) is 5.26 Å². The summed E-state index contributed by atoms with van der Waals surface area (Å²) in [6, 6.07) is 14.7. The van der Waals surface area contributed by atoms with Crippen molar-refractivity contribution in [2.24, 2.45) is 0 Å². The van der Waals surface area contributed by atoms with E-state index in [1.54, 1.807) is 6.07 Å². The minimum atomic E-state index is -0.365. The van der Waals surface area contributed by atoms with Gasteiger partial charge in [-0.2, -0.15) is 5.26 Å². The third kappa shape index (κ3) is 8.01. The second-order valence-corrected chi connectivity index (χ2v) is 9.05. The number of nitriles is 1. The molecule has 1 unspecified atom stereocenters. The number of halogens is 1. The first-order valence-corrected chi connectivity index (χ1v) is 11.2. The molecule has 1 atom stereocenters. The Bertz CT molecular complexity index is 954. The lowest BCUT2D eigenvalue weighted by atomic mass is 10.0. The van der Waals surface area contributed by atoms with E-state index < -0.39 is 0 Å². The predicted octanol–water partition coefficient (Wildman–Crippen LogP) is 4.30. The highest BCUT2D eigenvalue weighted by molar-refractivity contribution is 5.50. The smallest absolute Gasteiger partial charge is 0.290 e. The maximum Gasteiger partial charge on any atom is 0.290 e. The third-order valence-electron chi connectivity index (χ3n) is 5.76. The van der Waals surface area contributed by atoms with Gasteiger partial charge in [-0.25, -0.2) is 4.39 Å². The number of hydrogen-bond acceptors (Lipinski definition) is 6. The van der Waals surface area contributed by atoms with Crippen LogP contribution in [0.3, 0.4) is 0 Å². The van der Waals surface area contributed by atoms with Gasteiger partial charge in [-0.15, -0.1) is 0 Å². The Morgan fingerprint density at radius 1 is 1.29 bits per heavy atom. The first-order chi connectivity index (χ1) is 16.2. The van der Waals surface area contributed by atoms with Crippen LogP contribution in [0.4, 0.5) is 10.1 Å². The molecule has 1 N–H and O–H groups in total. The molecule has 3 rings (SSSR count). The zero-order valence-corrected chi connectivity index (χ0v) is 20.3.